The molecule has 1 aromatic rings. The molecule has 8 heteroatoms. The normalized spacial score (nSPS) is 21.0. The third kappa shape index (κ3) is 5.15. The summed E-state index contributed by atoms with van der Waals surface area (Å²) in [5.74, 6) is -2.64. The molecule has 1 saturated heterocycles. The van der Waals surface area contributed by atoms with E-state index in [9.17, 15) is 18.4 Å². The number of benzene rings is 1. The molecule has 0 aliphatic carbocycles. The monoisotopic (exact) mass is 372 g/mol. The minimum atomic E-state index is -0.973. The molecule has 2 amide bonds. The number of amides is 2. The van der Waals surface area contributed by atoms with Crippen LogP contribution >= 0.6 is 11.8 Å². The Kier molecular flexibility index (Phi) is 7.19. The predicted molar refractivity (Wildman–Crippen MR) is 92.2 cm³/mol. The Balaban J connectivity index is 1.99. The fourth-order valence-electron chi connectivity index (χ4n) is 2.70. The first kappa shape index (κ1) is 19.7. The molecule has 0 saturated carbocycles. The molecule has 1 aliphatic rings. The molecule has 0 bridgehead atoms. The standard InChI is InChI=1S/C17H22F2N2O3S/c1-3-11(9-25-2)20-16(22)17(23)21-14-6-7-24-15(14)10-4-5-12(18)13(19)8-10/h4-5,8,11,14-15H,3,6-7,9H2,1-2H3,(H,20,22)(H,21,23)/t11?,14-,15+/m1/s1. The lowest BCUT2D eigenvalue weighted by atomic mass is 10.0. The molecule has 1 unspecified atom stereocenters. The van der Waals surface area contributed by atoms with E-state index in [0.717, 1.165) is 24.3 Å². The Labute approximate surface area is 149 Å². The van der Waals surface area contributed by atoms with Crippen LogP contribution in [-0.2, 0) is 14.3 Å². The number of halogens is 2. The van der Waals surface area contributed by atoms with E-state index in [2.05, 4.69) is 10.6 Å². The molecule has 25 heavy (non-hydrogen) atoms. The summed E-state index contributed by atoms with van der Waals surface area (Å²) in [7, 11) is 0. The summed E-state index contributed by atoms with van der Waals surface area (Å²) in [6.07, 6.45) is 2.53. The minimum Gasteiger partial charge on any atom is -0.371 e. The molecule has 1 aliphatic heterocycles. The molecule has 1 fully saturated rings. The van der Waals surface area contributed by atoms with Gasteiger partial charge in [-0.25, -0.2) is 8.78 Å². The summed E-state index contributed by atoms with van der Waals surface area (Å²) >= 11 is 1.59. The molecule has 1 heterocycles. The fourth-order valence-corrected chi connectivity index (χ4v) is 3.42. The molecule has 2 N–H and O–H groups in total. The van der Waals surface area contributed by atoms with Gasteiger partial charge in [0, 0.05) is 18.4 Å². The van der Waals surface area contributed by atoms with Crippen molar-refractivity contribution < 1.29 is 23.1 Å². The molecule has 0 spiro atoms. The van der Waals surface area contributed by atoms with E-state index in [-0.39, 0.29) is 6.04 Å². The lowest BCUT2D eigenvalue weighted by molar-refractivity contribution is -0.140. The number of ether oxygens (including phenoxy) is 1. The van der Waals surface area contributed by atoms with E-state index in [0.29, 0.717) is 18.6 Å². The summed E-state index contributed by atoms with van der Waals surface area (Å²) in [6.45, 7) is 2.29. The van der Waals surface area contributed by atoms with Gasteiger partial charge in [0.25, 0.3) is 0 Å². The van der Waals surface area contributed by atoms with Crippen LogP contribution in [0.3, 0.4) is 0 Å². The van der Waals surface area contributed by atoms with Crippen LogP contribution in [0.2, 0.25) is 0 Å². The van der Waals surface area contributed by atoms with Crippen LogP contribution in [0, 0.1) is 11.6 Å². The van der Waals surface area contributed by atoms with Crippen molar-refractivity contribution in [2.75, 3.05) is 18.6 Å². The van der Waals surface area contributed by atoms with E-state index in [1.54, 1.807) is 11.8 Å². The lowest BCUT2D eigenvalue weighted by Gasteiger charge is -2.21. The highest BCUT2D eigenvalue weighted by molar-refractivity contribution is 7.98. The summed E-state index contributed by atoms with van der Waals surface area (Å²) in [6, 6.07) is 2.94. The van der Waals surface area contributed by atoms with Gasteiger partial charge in [-0.1, -0.05) is 13.0 Å². The minimum absolute atomic E-state index is 0.0740. The quantitative estimate of drug-likeness (QED) is 0.751. The van der Waals surface area contributed by atoms with Crippen molar-refractivity contribution in [1.29, 1.82) is 0 Å². The van der Waals surface area contributed by atoms with Crippen LogP contribution in [0.5, 0.6) is 0 Å². The zero-order valence-corrected chi connectivity index (χ0v) is 15.0. The van der Waals surface area contributed by atoms with Gasteiger partial charge >= 0.3 is 11.8 Å². The first-order valence-corrected chi connectivity index (χ1v) is 9.52. The van der Waals surface area contributed by atoms with Crippen LogP contribution in [0.1, 0.15) is 31.4 Å². The van der Waals surface area contributed by atoms with Crippen molar-refractivity contribution in [2.24, 2.45) is 0 Å². The summed E-state index contributed by atoms with van der Waals surface area (Å²) in [5.41, 5.74) is 0.427. The van der Waals surface area contributed by atoms with Gasteiger partial charge in [0.15, 0.2) is 11.6 Å². The Bertz CT molecular complexity index is 630. The van der Waals surface area contributed by atoms with Gasteiger partial charge < -0.3 is 15.4 Å². The third-order valence-corrected chi connectivity index (χ3v) is 4.82. The lowest BCUT2D eigenvalue weighted by Crippen LogP contribution is -2.48. The van der Waals surface area contributed by atoms with Gasteiger partial charge in [-0.05, 0) is 36.8 Å². The van der Waals surface area contributed by atoms with Crippen molar-refractivity contribution >= 4 is 23.6 Å². The van der Waals surface area contributed by atoms with Gasteiger partial charge in [-0.2, -0.15) is 11.8 Å². The molecule has 0 aromatic heterocycles. The predicted octanol–water partition coefficient (Wildman–Crippen LogP) is 2.17. The highest BCUT2D eigenvalue weighted by Gasteiger charge is 2.33. The van der Waals surface area contributed by atoms with E-state index in [4.69, 9.17) is 4.74 Å². The second-order valence-corrected chi connectivity index (χ2v) is 6.78. The molecular weight excluding hydrogens is 350 g/mol. The zero-order valence-electron chi connectivity index (χ0n) is 14.2. The van der Waals surface area contributed by atoms with Crippen molar-refractivity contribution in [3.8, 4) is 0 Å². The highest BCUT2D eigenvalue weighted by Crippen LogP contribution is 2.30. The van der Waals surface area contributed by atoms with Crippen LogP contribution in [0.15, 0.2) is 18.2 Å². The van der Waals surface area contributed by atoms with Crippen LogP contribution in [-0.4, -0.2) is 42.5 Å². The summed E-state index contributed by atoms with van der Waals surface area (Å²) in [4.78, 5) is 24.2. The molecular formula is C17H22F2N2O3S. The number of nitrogens with one attached hydrogen (secondary N) is 2. The molecule has 138 valence electrons. The maximum Gasteiger partial charge on any atom is 0.309 e. The maximum absolute atomic E-state index is 13.4. The average molecular weight is 372 g/mol. The Morgan fingerprint density at radius 2 is 2.08 bits per heavy atom. The largest absolute Gasteiger partial charge is 0.371 e. The molecule has 5 nitrogen and oxygen atoms in total. The smallest absolute Gasteiger partial charge is 0.309 e. The van der Waals surface area contributed by atoms with Gasteiger partial charge in [-0.3, -0.25) is 9.59 Å². The number of thioether (sulfide) groups is 1. The Hall–Kier alpha value is -1.67. The second-order valence-electron chi connectivity index (χ2n) is 5.87. The van der Waals surface area contributed by atoms with Crippen LogP contribution in [0.25, 0.3) is 0 Å². The van der Waals surface area contributed by atoms with Crippen molar-refractivity contribution in [1.82, 2.24) is 10.6 Å². The first-order valence-electron chi connectivity index (χ1n) is 8.13. The van der Waals surface area contributed by atoms with E-state index >= 15 is 0 Å². The maximum atomic E-state index is 13.4. The number of carbonyl (C=O) groups excluding carboxylic acids is 2. The Morgan fingerprint density at radius 3 is 2.72 bits per heavy atom. The van der Waals surface area contributed by atoms with Gasteiger partial charge in [-0.15, -0.1) is 0 Å². The fraction of sp³-hybridized carbons (Fsp3) is 0.529. The Morgan fingerprint density at radius 1 is 1.32 bits per heavy atom. The topological polar surface area (TPSA) is 67.4 Å². The zero-order chi connectivity index (χ0) is 18.4. The van der Waals surface area contributed by atoms with E-state index in [1.165, 1.54) is 6.07 Å². The summed E-state index contributed by atoms with van der Waals surface area (Å²) in [5, 5.41) is 5.32. The van der Waals surface area contributed by atoms with Crippen molar-refractivity contribution in [3.05, 3.63) is 35.4 Å². The number of carbonyl (C=O) groups is 2. The van der Waals surface area contributed by atoms with Crippen LogP contribution < -0.4 is 10.6 Å². The number of rotatable bonds is 6. The van der Waals surface area contributed by atoms with Crippen molar-refractivity contribution in [2.45, 2.75) is 38.0 Å². The van der Waals surface area contributed by atoms with Gasteiger partial charge in [0.1, 0.15) is 6.10 Å². The second kappa shape index (κ2) is 9.15. The van der Waals surface area contributed by atoms with Crippen LogP contribution in [0.4, 0.5) is 8.78 Å². The van der Waals surface area contributed by atoms with Gasteiger partial charge in [0.05, 0.1) is 6.04 Å². The first-order chi connectivity index (χ1) is 12.0. The molecule has 3 atom stereocenters. The van der Waals surface area contributed by atoms with Crippen molar-refractivity contribution in [3.63, 3.8) is 0 Å². The highest BCUT2D eigenvalue weighted by atomic mass is 32.2. The number of hydrogen-bond acceptors (Lipinski definition) is 4. The SMILES string of the molecule is CCC(CSC)NC(=O)C(=O)N[C@@H]1CCO[C@H]1c1ccc(F)c(F)c1. The summed E-state index contributed by atoms with van der Waals surface area (Å²) < 4.78 is 32.0. The molecule has 1 aromatic carbocycles. The average Bonchev–Trinajstić information content (AvgIpc) is 3.04. The van der Waals surface area contributed by atoms with Gasteiger partial charge in [0.2, 0.25) is 0 Å². The van der Waals surface area contributed by atoms with E-state index in [1.807, 2.05) is 13.2 Å². The molecule has 0 radical (unpaired) electrons. The van der Waals surface area contributed by atoms with E-state index < -0.39 is 35.6 Å². The molecule has 2 rings (SSSR count). The third-order valence-electron chi connectivity index (χ3n) is 4.08. The number of hydrogen-bond donors (Lipinski definition) is 2.